The van der Waals surface area contributed by atoms with Gasteiger partial charge in [-0.25, -0.2) is 12.8 Å². The van der Waals surface area contributed by atoms with E-state index in [1.807, 2.05) is 13.8 Å². The average Bonchev–Trinajstić information content (AvgIpc) is 2.69. The summed E-state index contributed by atoms with van der Waals surface area (Å²) in [5.41, 5.74) is 0.168. The molecule has 0 saturated heterocycles. The van der Waals surface area contributed by atoms with Crippen LogP contribution in [0, 0.1) is 5.82 Å². The van der Waals surface area contributed by atoms with E-state index in [1.54, 1.807) is 0 Å². The smallest absolute Gasteiger partial charge is 0.261 e. The van der Waals surface area contributed by atoms with Gasteiger partial charge in [0.1, 0.15) is 5.82 Å². The number of hydrogen-bond acceptors (Lipinski definition) is 4. The molecule has 2 aromatic carbocycles. The maximum Gasteiger partial charge on any atom is 0.261 e. The Morgan fingerprint density at radius 2 is 1.80 bits per heavy atom. The van der Waals surface area contributed by atoms with Crippen LogP contribution < -0.4 is 15.4 Å². The monoisotopic (exact) mass is 455 g/mol. The SMILES string of the molecule is CCC(C)NC(=O)CCNC(=O)c1ccc(Cl)c(NS(=O)(=O)c2ccc(F)cc2)c1. The van der Waals surface area contributed by atoms with Crippen LogP contribution in [0.1, 0.15) is 37.0 Å². The van der Waals surface area contributed by atoms with E-state index in [4.69, 9.17) is 11.6 Å². The van der Waals surface area contributed by atoms with E-state index in [9.17, 15) is 22.4 Å². The minimum absolute atomic E-state index is 0.00292. The van der Waals surface area contributed by atoms with Crippen molar-refractivity contribution in [1.82, 2.24) is 10.6 Å². The quantitative estimate of drug-likeness (QED) is 0.539. The van der Waals surface area contributed by atoms with E-state index < -0.39 is 21.7 Å². The molecule has 0 saturated carbocycles. The van der Waals surface area contributed by atoms with Gasteiger partial charge in [-0.2, -0.15) is 0 Å². The third-order valence-corrected chi connectivity index (χ3v) is 5.97. The fraction of sp³-hybridized carbons (Fsp3) is 0.300. The van der Waals surface area contributed by atoms with Crippen molar-refractivity contribution < 1.29 is 22.4 Å². The van der Waals surface area contributed by atoms with Gasteiger partial charge < -0.3 is 10.6 Å². The molecule has 2 aromatic rings. The fourth-order valence-electron chi connectivity index (χ4n) is 2.40. The lowest BCUT2D eigenvalue weighted by molar-refractivity contribution is -0.121. The van der Waals surface area contributed by atoms with Crippen LogP contribution in [0.2, 0.25) is 5.02 Å². The summed E-state index contributed by atoms with van der Waals surface area (Å²) in [6.07, 6.45) is 0.924. The van der Waals surface area contributed by atoms with Crippen molar-refractivity contribution in [2.75, 3.05) is 11.3 Å². The molecule has 162 valence electrons. The Kier molecular flexibility index (Phi) is 8.19. The highest BCUT2D eigenvalue weighted by Crippen LogP contribution is 2.26. The molecule has 10 heteroatoms. The van der Waals surface area contributed by atoms with Crippen molar-refractivity contribution in [1.29, 1.82) is 0 Å². The van der Waals surface area contributed by atoms with Crippen LogP contribution in [-0.4, -0.2) is 32.8 Å². The first-order valence-corrected chi connectivity index (χ1v) is 11.1. The number of benzene rings is 2. The van der Waals surface area contributed by atoms with Crippen molar-refractivity contribution in [2.45, 2.75) is 37.6 Å². The number of hydrogen-bond donors (Lipinski definition) is 3. The van der Waals surface area contributed by atoms with Crippen LogP contribution in [-0.2, 0) is 14.8 Å². The molecule has 2 amide bonds. The number of anilines is 1. The first-order valence-electron chi connectivity index (χ1n) is 9.28. The van der Waals surface area contributed by atoms with Gasteiger partial charge in [-0.1, -0.05) is 18.5 Å². The van der Waals surface area contributed by atoms with Crippen LogP contribution in [0.25, 0.3) is 0 Å². The molecule has 0 fully saturated rings. The molecule has 3 N–H and O–H groups in total. The fourth-order valence-corrected chi connectivity index (χ4v) is 3.69. The Labute approximate surface area is 180 Å². The van der Waals surface area contributed by atoms with Crippen molar-refractivity contribution >= 4 is 39.1 Å². The van der Waals surface area contributed by atoms with E-state index in [1.165, 1.54) is 18.2 Å². The van der Waals surface area contributed by atoms with Crippen molar-refractivity contribution in [3.8, 4) is 0 Å². The average molecular weight is 456 g/mol. The predicted octanol–water partition coefficient (Wildman–Crippen LogP) is 3.31. The maximum atomic E-state index is 13.0. The van der Waals surface area contributed by atoms with Gasteiger partial charge >= 0.3 is 0 Å². The number of amides is 2. The van der Waals surface area contributed by atoms with Gasteiger partial charge in [-0.15, -0.1) is 0 Å². The normalized spacial score (nSPS) is 12.1. The number of carbonyl (C=O) groups is 2. The molecular weight excluding hydrogens is 433 g/mol. The molecule has 0 aliphatic carbocycles. The van der Waals surface area contributed by atoms with Crippen LogP contribution in [0.15, 0.2) is 47.4 Å². The Morgan fingerprint density at radius 3 is 2.43 bits per heavy atom. The van der Waals surface area contributed by atoms with E-state index in [0.717, 1.165) is 30.7 Å². The van der Waals surface area contributed by atoms with E-state index in [0.29, 0.717) is 0 Å². The Morgan fingerprint density at radius 1 is 1.13 bits per heavy atom. The molecule has 0 aliphatic heterocycles. The molecule has 0 bridgehead atoms. The summed E-state index contributed by atoms with van der Waals surface area (Å²) >= 11 is 6.06. The van der Waals surface area contributed by atoms with Crippen molar-refractivity contribution in [3.63, 3.8) is 0 Å². The first kappa shape index (κ1) is 23.6. The topological polar surface area (TPSA) is 104 Å². The van der Waals surface area contributed by atoms with E-state index in [2.05, 4.69) is 15.4 Å². The second kappa shape index (κ2) is 10.4. The highest BCUT2D eigenvalue weighted by molar-refractivity contribution is 7.92. The molecular formula is C20H23ClFN3O4S. The molecule has 0 aliphatic rings. The Balaban J connectivity index is 2.04. The van der Waals surface area contributed by atoms with Crippen molar-refractivity contribution in [2.24, 2.45) is 0 Å². The largest absolute Gasteiger partial charge is 0.354 e. The van der Waals surface area contributed by atoms with Gasteiger partial charge in [0, 0.05) is 24.6 Å². The van der Waals surface area contributed by atoms with Gasteiger partial charge in [-0.05, 0) is 55.8 Å². The van der Waals surface area contributed by atoms with E-state index >= 15 is 0 Å². The highest BCUT2D eigenvalue weighted by atomic mass is 35.5. The van der Waals surface area contributed by atoms with Crippen LogP contribution >= 0.6 is 11.6 Å². The third-order valence-electron chi connectivity index (χ3n) is 4.25. The summed E-state index contributed by atoms with van der Waals surface area (Å²) in [6, 6.07) is 8.45. The molecule has 2 rings (SSSR count). The van der Waals surface area contributed by atoms with Crippen LogP contribution in [0.5, 0.6) is 0 Å². The van der Waals surface area contributed by atoms with E-state index in [-0.39, 0.29) is 46.1 Å². The van der Waals surface area contributed by atoms with Gasteiger partial charge in [-0.3, -0.25) is 14.3 Å². The zero-order valence-electron chi connectivity index (χ0n) is 16.5. The standard InChI is InChI=1S/C20H23ClFN3O4S/c1-3-13(2)24-19(26)10-11-23-20(27)14-4-9-17(21)18(12-14)25-30(28,29)16-7-5-15(22)6-8-16/h4-9,12-13,25H,3,10-11H2,1-2H3,(H,23,27)(H,24,26). The third kappa shape index (κ3) is 6.70. The summed E-state index contributed by atoms with van der Waals surface area (Å²) < 4.78 is 40.3. The van der Waals surface area contributed by atoms with Crippen molar-refractivity contribution in [3.05, 3.63) is 58.9 Å². The lowest BCUT2D eigenvalue weighted by Crippen LogP contribution is -2.35. The van der Waals surface area contributed by atoms with Gasteiger partial charge in [0.15, 0.2) is 0 Å². The highest BCUT2D eigenvalue weighted by Gasteiger charge is 2.17. The number of carbonyl (C=O) groups excluding carboxylic acids is 2. The molecule has 7 nitrogen and oxygen atoms in total. The second-order valence-corrected chi connectivity index (χ2v) is 8.73. The lowest BCUT2D eigenvalue weighted by Gasteiger charge is -2.13. The minimum Gasteiger partial charge on any atom is -0.354 e. The zero-order valence-corrected chi connectivity index (χ0v) is 18.1. The molecule has 0 radical (unpaired) electrons. The van der Waals surface area contributed by atoms with Gasteiger partial charge in [0.05, 0.1) is 15.6 Å². The summed E-state index contributed by atoms with van der Waals surface area (Å²) in [4.78, 5) is 23.9. The predicted molar refractivity (Wildman–Crippen MR) is 114 cm³/mol. The number of rotatable bonds is 9. The first-order chi connectivity index (χ1) is 14.1. The minimum atomic E-state index is -4.02. The molecule has 1 atom stereocenters. The zero-order chi connectivity index (χ0) is 22.3. The summed E-state index contributed by atoms with van der Waals surface area (Å²) in [6.45, 7) is 3.97. The van der Waals surface area contributed by atoms with Gasteiger partial charge in [0.25, 0.3) is 15.9 Å². The van der Waals surface area contributed by atoms with Gasteiger partial charge in [0.2, 0.25) is 5.91 Å². The second-order valence-electron chi connectivity index (χ2n) is 6.64. The van der Waals surface area contributed by atoms with Crippen LogP contribution in [0.3, 0.4) is 0 Å². The maximum absolute atomic E-state index is 13.0. The molecule has 0 spiro atoms. The molecule has 0 aromatic heterocycles. The molecule has 30 heavy (non-hydrogen) atoms. The summed E-state index contributed by atoms with van der Waals surface area (Å²) in [5, 5.41) is 5.49. The molecule has 0 heterocycles. The number of halogens is 2. The Hall–Kier alpha value is -2.65. The summed E-state index contributed by atoms with van der Waals surface area (Å²) in [7, 11) is -4.02. The number of nitrogens with one attached hydrogen (secondary N) is 3. The number of sulfonamides is 1. The Bertz CT molecular complexity index is 1010. The summed E-state index contributed by atoms with van der Waals surface area (Å²) in [5.74, 6) is -1.22. The molecule has 1 unspecified atom stereocenters. The lowest BCUT2D eigenvalue weighted by atomic mass is 10.2. The van der Waals surface area contributed by atoms with Crippen LogP contribution in [0.4, 0.5) is 10.1 Å².